The normalized spacial score (nSPS) is 19.8. The van der Waals surface area contributed by atoms with Crippen LogP contribution in [0.5, 0.6) is 0 Å². The minimum Gasteiger partial charge on any atom is -0.320 e. The molecule has 1 aliphatic heterocycles. The van der Waals surface area contributed by atoms with Gasteiger partial charge in [0.25, 0.3) is 0 Å². The smallest absolute Gasteiger partial charge is 0.244 e. The highest BCUT2D eigenvalue weighted by Crippen LogP contribution is 2.32. The molecule has 92 valence electrons. The fourth-order valence-electron chi connectivity index (χ4n) is 2.28. The monoisotopic (exact) mass is 261 g/mol. The van der Waals surface area contributed by atoms with Crippen molar-refractivity contribution in [3.63, 3.8) is 0 Å². The summed E-state index contributed by atoms with van der Waals surface area (Å²) in [4.78, 5) is 18.0. The highest BCUT2D eigenvalue weighted by molar-refractivity contribution is 6.36. The molecule has 1 aromatic carbocycles. The van der Waals surface area contributed by atoms with Crippen LogP contribution < -0.4 is 10.6 Å². The van der Waals surface area contributed by atoms with E-state index >= 15 is 0 Å². The number of halogens is 1. The van der Waals surface area contributed by atoms with Gasteiger partial charge in [-0.25, -0.2) is 0 Å². The molecule has 18 heavy (non-hydrogen) atoms. The Labute approximate surface area is 109 Å². The maximum Gasteiger partial charge on any atom is 0.244 e. The van der Waals surface area contributed by atoms with Crippen molar-refractivity contribution in [1.82, 2.24) is 4.98 Å². The highest BCUT2D eigenvalue weighted by atomic mass is 35.5. The molecule has 1 unspecified atom stereocenters. The summed E-state index contributed by atoms with van der Waals surface area (Å²) in [6, 6.07) is 6.94. The Morgan fingerprint density at radius 2 is 2.22 bits per heavy atom. The Bertz CT molecular complexity index is 629. The zero-order chi connectivity index (χ0) is 12.7. The van der Waals surface area contributed by atoms with Crippen molar-refractivity contribution in [3.05, 3.63) is 35.5 Å². The van der Waals surface area contributed by atoms with Gasteiger partial charge in [-0.2, -0.15) is 0 Å². The van der Waals surface area contributed by atoms with Crippen LogP contribution in [0.25, 0.3) is 10.9 Å². The maximum atomic E-state index is 12.0. The zero-order valence-corrected chi connectivity index (χ0v) is 10.4. The summed E-state index contributed by atoms with van der Waals surface area (Å²) in [6.07, 6.45) is 2.37. The molecule has 1 aliphatic rings. The third-order valence-electron chi connectivity index (χ3n) is 3.23. The van der Waals surface area contributed by atoms with Gasteiger partial charge < -0.3 is 10.6 Å². The van der Waals surface area contributed by atoms with Gasteiger partial charge in [-0.05, 0) is 30.7 Å². The predicted octanol–water partition coefficient (Wildman–Crippen LogP) is 1.95. The highest BCUT2D eigenvalue weighted by Gasteiger charge is 2.30. The topological polar surface area (TPSA) is 59.2 Å². The van der Waals surface area contributed by atoms with E-state index in [1.165, 1.54) is 0 Å². The van der Waals surface area contributed by atoms with Crippen LogP contribution in [0, 0.1) is 0 Å². The summed E-state index contributed by atoms with van der Waals surface area (Å²) in [6.45, 7) is 0.632. The van der Waals surface area contributed by atoms with Gasteiger partial charge in [0.1, 0.15) is 0 Å². The van der Waals surface area contributed by atoms with Gasteiger partial charge in [0, 0.05) is 18.1 Å². The van der Waals surface area contributed by atoms with Crippen LogP contribution in [-0.2, 0) is 4.79 Å². The zero-order valence-electron chi connectivity index (χ0n) is 9.64. The number of benzene rings is 1. The van der Waals surface area contributed by atoms with E-state index in [1.54, 1.807) is 17.2 Å². The second kappa shape index (κ2) is 4.23. The molecule has 2 heterocycles. The van der Waals surface area contributed by atoms with E-state index in [0.29, 0.717) is 18.0 Å². The molecule has 2 N–H and O–H groups in total. The van der Waals surface area contributed by atoms with Crippen molar-refractivity contribution in [1.29, 1.82) is 0 Å². The molecule has 1 saturated heterocycles. The van der Waals surface area contributed by atoms with E-state index in [-0.39, 0.29) is 5.91 Å². The lowest BCUT2D eigenvalue weighted by molar-refractivity contribution is -0.118. The number of nitrogens with two attached hydrogens (primary N) is 1. The molecular formula is C13H12ClN3O. The largest absolute Gasteiger partial charge is 0.320 e. The van der Waals surface area contributed by atoms with Gasteiger partial charge in [-0.1, -0.05) is 11.6 Å². The van der Waals surface area contributed by atoms with Crippen LogP contribution in [-0.4, -0.2) is 23.5 Å². The Kier molecular flexibility index (Phi) is 2.69. The lowest BCUT2D eigenvalue weighted by Crippen LogP contribution is -2.34. The van der Waals surface area contributed by atoms with Crippen LogP contribution >= 0.6 is 11.6 Å². The quantitative estimate of drug-likeness (QED) is 0.854. The van der Waals surface area contributed by atoms with Gasteiger partial charge >= 0.3 is 0 Å². The van der Waals surface area contributed by atoms with Crippen molar-refractivity contribution in [3.8, 4) is 0 Å². The molecule has 1 fully saturated rings. The van der Waals surface area contributed by atoms with E-state index < -0.39 is 6.04 Å². The number of amides is 1. The number of rotatable bonds is 1. The van der Waals surface area contributed by atoms with Crippen LogP contribution in [0.1, 0.15) is 6.42 Å². The predicted molar refractivity (Wildman–Crippen MR) is 71.7 cm³/mol. The third kappa shape index (κ3) is 1.65. The lowest BCUT2D eigenvalue weighted by Gasteiger charge is -2.18. The summed E-state index contributed by atoms with van der Waals surface area (Å²) in [5, 5.41) is 1.49. The van der Waals surface area contributed by atoms with Crippen LogP contribution in [0.2, 0.25) is 5.02 Å². The molecule has 1 atom stereocenters. The molecule has 0 radical (unpaired) electrons. The van der Waals surface area contributed by atoms with Crippen molar-refractivity contribution in [2.45, 2.75) is 12.5 Å². The summed E-state index contributed by atoms with van der Waals surface area (Å²) in [5.74, 6) is -0.0516. The van der Waals surface area contributed by atoms with Crippen molar-refractivity contribution < 1.29 is 4.79 Å². The number of hydrogen-bond acceptors (Lipinski definition) is 3. The molecule has 1 amide bonds. The van der Waals surface area contributed by atoms with Gasteiger partial charge in [0.05, 0.1) is 22.3 Å². The molecule has 4 nitrogen and oxygen atoms in total. The number of anilines is 1. The van der Waals surface area contributed by atoms with Gasteiger partial charge in [-0.15, -0.1) is 0 Å². The number of aromatic nitrogens is 1. The van der Waals surface area contributed by atoms with Gasteiger partial charge in [0.15, 0.2) is 0 Å². The molecule has 0 aliphatic carbocycles. The Morgan fingerprint density at radius 1 is 1.39 bits per heavy atom. The summed E-state index contributed by atoms with van der Waals surface area (Å²) < 4.78 is 0. The average Bonchev–Trinajstić information content (AvgIpc) is 2.71. The summed E-state index contributed by atoms with van der Waals surface area (Å²) in [7, 11) is 0. The van der Waals surface area contributed by atoms with Gasteiger partial charge in [0.2, 0.25) is 5.91 Å². The summed E-state index contributed by atoms with van der Waals surface area (Å²) in [5.41, 5.74) is 7.27. The Balaban J connectivity index is 2.19. The third-order valence-corrected chi connectivity index (χ3v) is 3.56. The SMILES string of the molecule is NC1CCN(c2ccc(Cl)c3cccnc23)C1=O. The Morgan fingerprint density at radius 3 is 2.94 bits per heavy atom. The number of hydrogen-bond donors (Lipinski definition) is 1. The van der Waals surface area contributed by atoms with E-state index in [1.807, 2.05) is 18.2 Å². The number of carbonyl (C=O) groups excluding carboxylic acids is 1. The maximum absolute atomic E-state index is 12.0. The molecule has 1 aromatic heterocycles. The van der Waals surface area contributed by atoms with E-state index in [4.69, 9.17) is 17.3 Å². The van der Waals surface area contributed by atoms with Crippen LogP contribution in [0.3, 0.4) is 0 Å². The first-order chi connectivity index (χ1) is 8.68. The first-order valence-corrected chi connectivity index (χ1v) is 6.16. The standard InChI is InChI=1S/C13H12ClN3O/c14-9-3-4-11(12-8(9)2-1-6-16-12)17-7-5-10(15)13(17)18/h1-4,6,10H,5,7,15H2. The fourth-order valence-corrected chi connectivity index (χ4v) is 2.50. The number of nitrogens with zero attached hydrogens (tertiary/aromatic N) is 2. The van der Waals surface area contributed by atoms with E-state index in [0.717, 1.165) is 16.6 Å². The molecule has 0 spiro atoms. The van der Waals surface area contributed by atoms with Crippen molar-refractivity contribution >= 4 is 34.1 Å². The second-order valence-electron chi connectivity index (χ2n) is 4.35. The van der Waals surface area contributed by atoms with Crippen molar-refractivity contribution in [2.75, 3.05) is 11.4 Å². The number of fused-ring (bicyclic) bond motifs is 1. The molecule has 0 saturated carbocycles. The Hall–Kier alpha value is -1.65. The molecule has 5 heteroatoms. The number of carbonyl (C=O) groups is 1. The van der Waals surface area contributed by atoms with Crippen LogP contribution in [0.4, 0.5) is 5.69 Å². The lowest BCUT2D eigenvalue weighted by atomic mass is 10.2. The minimum atomic E-state index is -0.403. The first kappa shape index (κ1) is 11.4. The van der Waals surface area contributed by atoms with E-state index in [2.05, 4.69) is 4.98 Å². The van der Waals surface area contributed by atoms with Crippen LogP contribution in [0.15, 0.2) is 30.5 Å². The molecule has 0 bridgehead atoms. The molecular weight excluding hydrogens is 250 g/mol. The molecule has 3 rings (SSSR count). The van der Waals surface area contributed by atoms with E-state index in [9.17, 15) is 4.79 Å². The number of pyridine rings is 1. The minimum absolute atomic E-state index is 0.0516. The summed E-state index contributed by atoms with van der Waals surface area (Å²) >= 11 is 6.13. The first-order valence-electron chi connectivity index (χ1n) is 5.78. The average molecular weight is 262 g/mol. The molecule has 2 aromatic rings. The van der Waals surface area contributed by atoms with Gasteiger partial charge in [-0.3, -0.25) is 9.78 Å². The fraction of sp³-hybridized carbons (Fsp3) is 0.231. The second-order valence-corrected chi connectivity index (χ2v) is 4.76. The van der Waals surface area contributed by atoms with Crippen molar-refractivity contribution in [2.24, 2.45) is 5.73 Å².